The number of carbonyl (C=O) groups excluding carboxylic acids is 1. The van der Waals surface area contributed by atoms with Gasteiger partial charge in [-0.15, -0.1) is 0 Å². The van der Waals surface area contributed by atoms with Crippen LogP contribution in [0.2, 0.25) is 0 Å². The molecule has 0 unspecified atom stereocenters. The first-order valence-electron chi connectivity index (χ1n) is 5.68. The molecule has 6 nitrogen and oxygen atoms in total. The van der Waals surface area contributed by atoms with Crippen molar-refractivity contribution in [3.8, 4) is 11.5 Å². The largest absolute Gasteiger partial charge is 0.493 e. The summed E-state index contributed by atoms with van der Waals surface area (Å²) in [5.74, 6) is -0.373. The molecule has 0 aliphatic heterocycles. The zero-order valence-electron chi connectivity index (χ0n) is 11.1. The van der Waals surface area contributed by atoms with Crippen molar-refractivity contribution >= 4 is 11.9 Å². The van der Waals surface area contributed by atoms with Crippen LogP contribution in [-0.4, -0.2) is 37.2 Å². The summed E-state index contributed by atoms with van der Waals surface area (Å²) in [6.45, 7) is 1.28. The molecule has 1 aromatic carbocycles. The van der Waals surface area contributed by atoms with Crippen LogP contribution in [0.5, 0.6) is 11.5 Å². The molecule has 0 aliphatic carbocycles. The molecule has 19 heavy (non-hydrogen) atoms. The van der Waals surface area contributed by atoms with Gasteiger partial charge in [0.15, 0.2) is 11.5 Å². The summed E-state index contributed by atoms with van der Waals surface area (Å²) in [7, 11) is 3.03. The van der Waals surface area contributed by atoms with Crippen molar-refractivity contribution < 1.29 is 24.2 Å². The second-order valence-corrected chi connectivity index (χ2v) is 3.98. The van der Waals surface area contributed by atoms with Crippen molar-refractivity contribution in [3.63, 3.8) is 0 Å². The van der Waals surface area contributed by atoms with Crippen LogP contribution >= 0.6 is 0 Å². The smallest absolute Gasteiger partial charge is 0.326 e. The third kappa shape index (κ3) is 4.17. The second-order valence-electron chi connectivity index (χ2n) is 3.98. The summed E-state index contributed by atoms with van der Waals surface area (Å²) in [6, 6.07) is 4.16. The number of methoxy groups -OCH3 is 2. The first-order chi connectivity index (χ1) is 8.97. The van der Waals surface area contributed by atoms with E-state index in [1.807, 2.05) is 0 Å². The van der Waals surface area contributed by atoms with Gasteiger partial charge in [0.05, 0.1) is 14.2 Å². The summed E-state index contributed by atoms with van der Waals surface area (Å²) in [5.41, 5.74) is 0.735. The normalized spacial score (nSPS) is 11.5. The lowest BCUT2D eigenvalue weighted by Crippen LogP contribution is -2.41. The summed E-state index contributed by atoms with van der Waals surface area (Å²) in [6.07, 6.45) is 0.176. The summed E-state index contributed by atoms with van der Waals surface area (Å²) < 4.78 is 10.2. The molecule has 0 heterocycles. The van der Waals surface area contributed by atoms with Crippen LogP contribution in [0.3, 0.4) is 0 Å². The van der Waals surface area contributed by atoms with E-state index >= 15 is 0 Å². The van der Waals surface area contributed by atoms with E-state index in [1.54, 1.807) is 18.2 Å². The average Bonchev–Trinajstić information content (AvgIpc) is 2.37. The Hall–Kier alpha value is -2.24. The number of amides is 1. The van der Waals surface area contributed by atoms with Crippen molar-refractivity contribution in [1.82, 2.24) is 5.32 Å². The fraction of sp³-hybridized carbons (Fsp3) is 0.385. The van der Waals surface area contributed by atoms with Crippen LogP contribution in [-0.2, 0) is 16.0 Å². The monoisotopic (exact) mass is 267 g/mol. The molecule has 6 heteroatoms. The SMILES string of the molecule is COc1ccc(C[C@@H](NC(C)=O)C(=O)O)cc1OC. The zero-order chi connectivity index (χ0) is 14.4. The Morgan fingerprint density at radius 1 is 1.26 bits per heavy atom. The summed E-state index contributed by atoms with van der Waals surface area (Å²) >= 11 is 0. The van der Waals surface area contributed by atoms with Gasteiger partial charge in [-0.2, -0.15) is 0 Å². The Labute approximate surface area is 111 Å². The van der Waals surface area contributed by atoms with Crippen molar-refractivity contribution in [2.24, 2.45) is 0 Å². The zero-order valence-corrected chi connectivity index (χ0v) is 11.1. The van der Waals surface area contributed by atoms with Gasteiger partial charge in [0, 0.05) is 13.3 Å². The fourth-order valence-corrected chi connectivity index (χ4v) is 1.69. The van der Waals surface area contributed by atoms with Gasteiger partial charge in [-0.1, -0.05) is 6.07 Å². The van der Waals surface area contributed by atoms with E-state index < -0.39 is 12.0 Å². The van der Waals surface area contributed by atoms with E-state index in [0.717, 1.165) is 5.56 Å². The number of rotatable bonds is 6. The van der Waals surface area contributed by atoms with Crippen molar-refractivity contribution in [2.75, 3.05) is 14.2 Å². The van der Waals surface area contributed by atoms with Gasteiger partial charge in [0.25, 0.3) is 0 Å². The molecule has 0 saturated heterocycles. The van der Waals surface area contributed by atoms with Crippen molar-refractivity contribution in [1.29, 1.82) is 0 Å². The van der Waals surface area contributed by atoms with Crippen LogP contribution in [0.1, 0.15) is 12.5 Å². The average molecular weight is 267 g/mol. The highest BCUT2D eigenvalue weighted by molar-refractivity contribution is 5.82. The van der Waals surface area contributed by atoms with Crippen LogP contribution in [0, 0.1) is 0 Å². The molecule has 104 valence electrons. The standard InChI is InChI=1S/C13H17NO5/c1-8(15)14-10(13(16)17)6-9-4-5-11(18-2)12(7-9)19-3/h4-5,7,10H,6H2,1-3H3,(H,14,15)(H,16,17)/t10-/m1/s1. The molecule has 1 aromatic rings. The maximum atomic E-state index is 11.0. The molecular weight excluding hydrogens is 250 g/mol. The summed E-state index contributed by atoms with van der Waals surface area (Å²) in [4.78, 5) is 22.0. The minimum absolute atomic E-state index is 0.176. The Morgan fingerprint density at radius 2 is 1.89 bits per heavy atom. The quantitative estimate of drug-likeness (QED) is 0.797. The topological polar surface area (TPSA) is 84.9 Å². The molecule has 0 bridgehead atoms. The minimum atomic E-state index is -1.08. The molecule has 0 radical (unpaired) electrons. The van der Waals surface area contributed by atoms with E-state index in [1.165, 1.54) is 21.1 Å². The lowest BCUT2D eigenvalue weighted by molar-refractivity contribution is -0.141. The first kappa shape index (κ1) is 14.8. The number of nitrogens with one attached hydrogen (secondary N) is 1. The Balaban J connectivity index is 2.90. The molecule has 0 spiro atoms. The van der Waals surface area contributed by atoms with Crippen LogP contribution in [0.4, 0.5) is 0 Å². The lowest BCUT2D eigenvalue weighted by Gasteiger charge is -2.14. The van der Waals surface area contributed by atoms with Gasteiger partial charge >= 0.3 is 5.97 Å². The van der Waals surface area contributed by atoms with Gasteiger partial charge < -0.3 is 19.9 Å². The van der Waals surface area contributed by atoms with Crippen LogP contribution < -0.4 is 14.8 Å². The van der Waals surface area contributed by atoms with E-state index in [4.69, 9.17) is 14.6 Å². The van der Waals surface area contributed by atoms with Gasteiger partial charge in [0.2, 0.25) is 5.91 Å². The molecule has 1 rings (SSSR count). The Kier molecular flexibility index (Phi) is 5.17. The van der Waals surface area contributed by atoms with Gasteiger partial charge in [-0.05, 0) is 17.7 Å². The number of ether oxygens (including phenoxy) is 2. The molecule has 0 aliphatic rings. The maximum absolute atomic E-state index is 11.0. The highest BCUT2D eigenvalue weighted by atomic mass is 16.5. The molecular formula is C13H17NO5. The van der Waals surface area contributed by atoms with E-state index in [9.17, 15) is 9.59 Å². The second kappa shape index (κ2) is 6.63. The third-order valence-electron chi connectivity index (χ3n) is 2.56. The molecule has 2 N–H and O–H groups in total. The highest BCUT2D eigenvalue weighted by Gasteiger charge is 2.19. The third-order valence-corrected chi connectivity index (χ3v) is 2.56. The van der Waals surface area contributed by atoms with Crippen LogP contribution in [0.25, 0.3) is 0 Å². The molecule has 1 atom stereocenters. The summed E-state index contributed by atoms with van der Waals surface area (Å²) in [5, 5.41) is 11.4. The number of benzene rings is 1. The number of hydrogen-bond donors (Lipinski definition) is 2. The molecule has 1 amide bonds. The first-order valence-corrected chi connectivity index (χ1v) is 5.68. The Bertz CT molecular complexity index is 472. The fourth-order valence-electron chi connectivity index (χ4n) is 1.69. The maximum Gasteiger partial charge on any atom is 0.326 e. The van der Waals surface area contributed by atoms with Gasteiger partial charge in [0.1, 0.15) is 6.04 Å². The van der Waals surface area contributed by atoms with E-state index in [-0.39, 0.29) is 12.3 Å². The van der Waals surface area contributed by atoms with Gasteiger partial charge in [-0.25, -0.2) is 4.79 Å². The predicted octanol–water partition coefficient (Wildman–Crippen LogP) is 0.836. The number of carbonyl (C=O) groups is 2. The Morgan fingerprint density at radius 3 is 2.37 bits per heavy atom. The highest BCUT2D eigenvalue weighted by Crippen LogP contribution is 2.27. The number of carboxylic acids is 1. The van der Waals surface area contributed by atoms with Crippen LogP contribution in [0.15, 0.2) is 18.2 Å². The van der Waals surface area contributed by atoms with E-state index in [2.05, 4.69) is 5.32 Å². The van der Waals surface area contributed by atoms with Gasteiger partial charge in [-0.3, -0.25) is 4.79 Å². The predicted molar refractivity (Wildman–Crippen MR) is 68.5 cm³/mol. The van der Waals surface area contributed by atoms with E-state index in [0.29, 0.717) is 11.5 Å². The molecule has 0 saturated carbocycles. The minimum Gasteiger partial charge on any atom is -0.493 e. The van der Waals surface area contributed by atoms with Crippen molar-refractivity contribution in [3.05, 3.63) is 23.8 Å². The number of hydrogen-bond acceptors (Lipinski definition) is 4. The lowest BCUT2D eigenvalue weighted by atomic mass is 10.1. The molecule has 0 fully saturated rings. The number of aliphatic carboxylic acids is 1. The molecule has 0 aromatic heterocycles. The van der Waals surface area contributed by atoms with Crippen molar-refractivity contribution in [2.45, 2.75) is 19.4 Å². The number of carboxylic acid groups (broad SMARTS) is 1.